The molecule has 82 valence electrons. The Bertz CT molecular complexity index is 321. The van der Waals surface area contributed by atoms with Gasteiger partial charge in [-0.05, 0) is 6.92 Å². The first-order chi connectivity index (χ1) is 7.16. The predicted octanol–water partition coefficient (Wildman–Crippen LogP) is 2.24. The summed E-state index contributed by atoms with van der Waals surface area (Å²) in [5.74, 6) is -0.303. The van der Waals surface area contributed by atoms with Gasteiger partial charge in [0.05, 0.1) is 11.4 Å². The lowest BCUT2D eigenvalue weighted by Crippen LogP contribution is -2.21. The first-order valence-electron chi connectivity index (χ1n) is 4.36. The van der Waals surface area contributed by atoms with E-state index in [0.717, 1.165) is 5.56 Å². The standard InChI is InChI=1S/C9H10Br2N2O2/c1-2-15-9(14)8(11)7(10)6-3-12-5-13-4-6/h3-5,7-8H,2H2,1H3/t7-,8-/m1/s1. The summed E-state index contributed by atoms with van der Waals surface area (Å²) in [7, 11) is 0. The van der Waals surface area contributed by atoms with Crippen molar-refractivity contribution in [1.82, 2.24) is 9.97 Å². The average molecular weight is 338 g/mol. The number of hydrogen-bond donors (Lipinski definition) is 0. The topological polar surface area (TPSA) is 52.1 Å². The molecule has 0 spiro atoms. The van der Waals surface area contributed by atoms with Gasteiger partial charge in [-0.3, -0.25) is 4.79 Å². The molecule has 1 aromatic heterocycles. The Balaban J connectivity index is 2.68. The molecule has 1 heterocycles. The van der Waals surface area contributed by atoms with Crippen LogP contribution in [-0.4, -0.2) is 27.4 Å². The largest absolute Gasteiger partial charge is 0.465 e. The third-order valence-corrected chi connectivity index (χ3v) is 4.34. The third-order valence-electron chi connectivity index (χ3n) is 1.67. The molecule has 0 saturated carbocycles. The summed E-state index contributed by atoms with van der Waals surface area (Å²) < 4.78 is 4.89. The van der Waals surface area contributed by atoms with Crippen LogP contribution >= 0.6 is 31.9 Å². The quantitative estimate of drug-likeness (QED) is 0.624. The van der Waals surface area contributed by atoms with Crippen LogP contribution in [0.3, 0.4) is 0 Å². The van der Waals surface area contributed by atoms with Gasteiger partial charge in [0.25, 0.3) is 0 Å². The van der Waals surface area contributed by atoms with Crippen LogP contribution < -0.4 is 0 Å². The van der Waals surface area contributed by atoms with Crippen LogP contribution in [0.2, 0.25) is 0 Å². The van der Waals surface area contributed by atoms with Gasteiger partial charge >= 0.3 is 5.97 Å². The second-order valence-corrected chi connectivity index (χ2v) is 4.70. The Kier molecular flexibility index (Phi) is 5.17. The summed E-state index contributed by atoms with van der Waals surface area (Å²) in [4.78, 5) is 18.5. The van der Waals surface area contributed by atoms with E-state index in [1.807, 2.05) is 0 Å². The minimum atomic E-state index is -0.441. The zero-order chi connectivity index (χ0) is 11.3. The second-order valence-electron chi connectivity index (χ2n) is 2.73. The summed E-state index contributed by atoms with van der Waals surface area (Å²) >= 11 is 6.66. The third kappa shape index (κ3) is 3.53. The van der Waals surface area contributed by atoms with Gasteiger partial charge in [-0.2, -0.15) is 0 Å². The van der Waals surface area contributed by atoms with E-state index in [1.54, 1.807) is 19.3 Å². The fraction of sp³-hybridized carbons (Fsp3) is 0.444. The molecule has 15 heavy (non-hydrogen) atoms. The molecule has 4 nitrogen and oxygen atoms in total. The number of ether oxygens (including phenoxy) is 1. The number of hydrogen-bond acceptors (Lipinski definition) is 4. The van der Waals surface area contributed by atoms with Crippen molar-refractivity contribution in [3.8, 4) is 0 Å². The molecule has 0 aliphatic heterocycles. The lowest BCUT2D eigenvalue weighted by Gasteiger charge is -2.14. The molecule has 0 radical (unpaired) electrons. The Hall–Kier alpha value is -0.490. The van der Waals surface area contributed by atoms with Crippen LogP contribution in [0.4, 0.5) is 0 Å². The second kappa shape index (κ2) is 6.17. The summed E-state index contributed by atoms with van der Waals surface area (Å²) in [6, 6.07) is 0. The minimum Gasteiger partial charge on any atom is -0.465 e. The fourth-order valence-electron chi connectivity index (χ4n) is 0.963. The van der Waals surface area contributed by atoms with E-state index >= 15 is 0 Å². The molecule has 6 heteroatoms. The Morgan fingerprint density at radius 2 is 2.07 bits per heavy atom. The minimum absolute atomic E-state index is 0.197. The van der Waals surface area contributed by atoms with Gasteiger partial charge in [0, 0.05) is 18.0 Å². The van der Waals surface area contributed by atoms with E-state index in [-0.39, 0.29) is 10.8 Å². The van der Waals surface area contributed by atoms with Crippen molar-refractivity contribution >= 4 is 37.8 Å². The van der Waals surface area contributed by atoms with Crippen molar-refractivity contribution in [2.75, 3.05) is 6.61 Å². The van der Waals surface area contributed by atoms with E-state index in [0.29, 0.717) is 6.61 Å². The Morgan fingerprint density at radius 1 is 1.47 bits per heavy atom. The van der Waals surface area contributed by atoms with E-state index < -0.39 is 4.83 Å². The smallest absolute Gasteiger partial charge is 0.321 e. The molecule has 1 rings (SSSR count). The van der Waals surface area contributed by atoms with Crippen molar-refractivity contribution < 1.29 is 9.53 Å². The number of esters is 1. The van der Waals surface area contributed by atoms with Crippen LogP contribution in [-0.2, 0) is 9.53 Å². The molecule has 0 aliphatic rings. The van der Waals surface area contributed by atoms with Gasteiger partial charge in [0.15, 0.2) is 0 Å². The number of carbonyl (C=O) groups is 1. The van der Waals surface area contributed by atoms with Crippen molar-refractivity contribution in [3.63, 3.8) is 0 Å². The molecule has 0 unspecified atom stereocenters. The van der Waals surface area contributed by atoms with Crippen LogP contribution in [0.1, 0.15) is 17.3 Å². The Morgan fingerprint density at radius 3 is 2.60 bits per heavy atom. The van der Waals surface area contributed by atoms with Gasteiger partial charge in [-0.25, -0.2) is 9.97 Å². The molecule has 0 bridgehead atoms. The molecule has 0 aliphatic carbocycles. The maximum absolute atomic E-state index is 11.4. The van der Waals surface area contributed by atoms with Crippen molar-refractivity contribution in [3.05, 3.63) is 24.3 Å². The lowest BCUT2D eigenvalue weighted by atomic mass is 10.2. The zero-order valence-corrected chi connectivity index (χ0v) is 11.2. The van der Waals surface area contributed by atoms with Crippen molar-refractivity contribution in [1.29, 1.82) is 0 Å². The molecule has 0 N–H and O–H groups in total. The molecule has 2 atom stereocenters. The number of rotatable bonds is 4. The first kappa shape index (κ1) is 12.6. The fourth-order valence-corrected chi connectivity index (χ4v) is 1.85. The van der Waals surface area contributed by atoms with Gasteiger partial charge in [-0.15, -0.1) is 0 Å². The average Bonchev–Trinajstić information content (AvgIpc) is 2.28. The van der Waals surface area contributed by atoms with E-state index in [2.05, 4.69) is 41.8 Å². The summed E-state index contributed by atoms with van der Waals surface area (Å²) in [5, 5.41) is 0. The number of halogens is 2. The number of nitrogens with zero attached hydrogens (tertiary/aromatic N) is 2. The van der Waals surface area contributed by atoms with Crippen LogP contribution in [0.25, 0.3) is 0 Å². The maximum Gasteiger partial charge on any atom is 0.321 e. The number of alkyl halides is 2. The highest BCUT2D eigenvalue weighted by atomic mass is 79.9. The molecule has 0 fully saturated rings. The Labute approximate surface area is 105 Å². The zero-order valence-electron chi connectivity index (χ0n) is 8.06. The maximum atomic E-state index is 11.4. The van der Waals surface area contributed by atoms with Crippen molar-refractivity contribution in [2.24, 2.45) is 0 Å². The molecule has 1 aromatic rings. The molecule has 0 aromatic carbocycles. The SMILES string of the molecule is CCOC(=O)[C@H](Br)[C@H](Br)c1cncnc1. The van der Waals surface area contributed by atoms with E-state index in [4.69, 9.17) is 4.74 Å². The predicted molar refractivity (Wildman–Crippen MR) is 63.0 cm³/mol. The highest BCUT2D eigenvalue weighted by Gasteiger charge is 2.26. The summed E-state index contributed by atoms with van der Waals surface area (Å²) in [5.41, 5.74) is 0.826. The number of aromatic nitrogens is 2. The summed E-state index contributed by atoms with van der Waals surface area (Å²) in [6.45, 7) is 2.14. The van der Waals surface area contributed by atoms with E-state index in [1.165, 1.54) is 6.33 Å². The van der Waals surface area contributed by atoms with Crippen LogP contribution in [0.5, 0.6) is 0 Å². The number of carbonyl (C=O) groups excluding carboxylic acids is 1. The monoisotopic (exact) mass is 336 g/mol. The molecule has 0 saturated heterocycles. The van der Waals surface area contributed by atoms with Gasteiger partial charge in [0.2, 0.25) is 0 Å². The molecular weight excluding hydrogens is 328 g/mol. The lowest BCUT2D eigenvalue weighted by molar-refractivity contribution is -0.142. The van der Waals surface area contributed by atoms with Crippen molar-refractivity contribution in [2.45, 2.75) is 16.6 Å². The van der Waals surface area contributed by atoms with E-state index in [9.17, 15) is 4.79 Å². The van der Waals surface area contributed by atoms with Gasteiger partial charge < -0.3 is 4.74 Å². The highest BCUT2D eigenvalue weighted by molar-refractivity contribution is 9.12. The van der Waals surface area contributed by atoms with Crippen LogP contribution in [0.15, 0.2) is 18.7 Å². The normalized spacial score (nSPS) is 14.3. The van der Waals surface area contributed by atoms with Crippen LogP contribution in [0, 0.1) is 0 Å². The van der Waals surface area contributed by atoms with Gasteiger partial charge in [-0.1, -0.05) is 31.9 Å². The first-order valence-corrected chi connectivity index (χ1v) is 6.19. The highest BCUT2D eigenvalue weighted by Crippen LogP contribution is 2.30. The molecular formula is C9H10Br2N2O2. The van der Waals surface area contributed by atoms with Gasteiger partial charge in [0.1, 0.15) is 11.2 Å². The molecule has 0 amide bonds. The summed E-state index contributed by atoms with van der Waals surface area (Å²) in [6.07, 6.45) is 4.75.